The highest BCUT2D eigenvalue weighted by Gasteiger charge is 2.52. The SMILES string of the molecule is CCCCCCCCCC(C(C)C)C(C(=O)OC(C)C)(C(C)C)C(C)C. The van der Waals surface area contributed by atoms with Gasteiger partial charge in [-0.1, -0.05) is 93.4 Å². The van der Waals surface area contributed by atoms with Crippen LogP contribution in [0.1, 0.15) is 114 Å². The number of carbonyl (C=O) groups excluding carboxylic acids is 1. The van der Waals surface area contributed by atoms with Crippen LogP contribution in [0.5, 0.6) is 0 Å². The quantitative estimate of drug-likeness (QED) is 0.232. The lowest BCUT2D eigenvalue weighted by molar-refractivity contribution is -0.175. The second-order valence-corrected chi connectivity index (χ2v) is 9.46. The third-order valence-corrected chi connectivity index (χ3v) is 6.14. The van der Waals surface area contributed by atoms with Gasteiger partial charge >= 0.3 is 5.97 Å². The molecule has 1 atom stereocenters. The molecule has 0 radical (unpaired) electrons. The molecule has 0 saturated carbocycles. The standard InChI is InChI=1S/C24H48O2/c1-10-11-12-13-14-15-16-17-22(18(2)3)24(19(4)5,20(6)7)23(25)26-21(8)9/h18-22H,10-17H2,1-9H3. The van der Waals surface area contributed by atoms with E-state index in [-0.39, 0.29) is 29.3 Å². The molecule has 2 nitrogen and oxygen atoms in total. The monoisotopic (exact) mass is 368 g/mol. The molecule has 1 unspecified atom stereocenters. The maximum absolute atomic E-state index is 13.3. The van der Waals surface area contributed by atoms with Crippen molar-refractivity contribution in [3.63, 3.8) is 0 Å². The summed E-state index contributed by atoms with van der Waals surface area (Å²) in [6, 6.07) is 0. The Morgan fingerprint density at radius 2 is 1.23 bits per heavy atom. The van der Waals surface area contributed by atoms with E-state index in [1.54, 1.807) is 0 Å². The molecule has 0 saturated heterocycles. The predicted octanol–water partition coefficient (Wildman–Crippen LogP) is 7.65. The summed E-state index contributed by atoms with van der Waals surface area (Å²) in [4.78, 5) is 13.3. The average molecular weight is 369 g/mol. The molecule has 0 amide bonds. The van der Waals surface area contributed by atoms with Gasteiger partial charge in [0.05, 0.1) is 11.5 Å². The van der Waals surface area contributed by atoms with Crippen LogP contribution in [-0.4, -0.2) is 12.1 Å². The van der Waals surface area contributed by atoms with Gasteiger partial charge in [-0.2, -0.15) is 0 Å². The zero-order valence-electron chi connectivity index (χ0n) is 19.4. The van der Waals surface area contributed by atoms with E-state index in [0.717, 1.165) is 6.42 Å². The van der Waals surface area contributed by atoms with Crippen molar-refractivity contribution in [3.05, 3.63) is 0 Å². The molecule has 0 aromatic carbocycles. The van der Waals surface area contributed by atoms with Crippen LogP contribution in [-0.2, 0) is 9.53 Å². The van der Waals surface area contributed by atoms with E-state index < -0.39 is 0 Å². The maximum Gasteiger partial charge on any atom is 0.313 e. The molecule has 0 heterocycles. The van der Waals surface area contributed by atoms with Crippen molar-refractivity contribution in [3.8, 4) is 0 Å². The Morgan fingerprint density at radius 3 is 1.62 bits per heavy atom. The molecule has 0 aliphatic heterocycles. The van der Waals surface area contributed by atoms with Crippen LogP contribution >= 0.6 is 0 Å². The van der Waals surface area contributed by atoms with E-state index in [2.05, 4.69) is 48.5 Å². The Hall–Kier alpha value is -0.530. The van der Waals surface area contributed by atoms with Crippen molar-refractivity contribution in [2.45, 2.75) is 120 Å². The van der Waals surface area contributed by atoms with Gasteiger partial charge in [-0.15, -0.1) is 0 Å². The smallest absolute Gasteiger partial charge is 0.313 e. The number of rotatable bonds is 14. The van der Waals surface area contributed by atoms with E-state index in [0.29, 0.717) is 11.8 Å². The van der Waals surface area contributed by atoms with Gasteiger partial charge in [0.1, 0.15) is 0 Å². The summed E-state index contributed by atoms with van der Waals surface area (Å²) in [5.74, 6) is 1.46. The van der Waals surface area contributed by atoms with E-state index >= 15 is 0 Å². The number of esters is 1. The van der Waals surface area contributed by atoms with Gasteiger partial charge in [0.15, 0.2) is 0 Å². The topological polar surface area (TPSA) is 26.3 Å². The highest BCUT2D eigenvalue weighted by Crippen LogP contribution is 2.49. The zero-order valence-corrected chi connectivity index (χ0v) is 19.4. The van der Waals surface area contributed by atoms with Gasteiger partial charge in [-0.25, -0.2) is 0 Å². The third-order valence-electron chi connectivity index (χ3n) is 6.14. The van der Waals surface area contributed by atoms with Crippen LogP contribution < -0.4 is 0 Å². The lowest BCUT2D eigenvalue weighted by Crippen LogP contribution is -2.50. The highest BCUT2D eigenvalue weighted by atomic mass is 16.5. The van der Waals surface area contributed by atoms with Crippen molar-refractivity contribution in [2.75, 3.05) is 0 Å². The van der Waals surface area contributed by atoms with Crippen molar-refractivity contribution < 1.29 is 9.53 Å². The largest absolute Gasteiger partial charge is 0.463 e. The lowest BCUT2D eigenvalue weighted by atomic mass is 9.57. The van der Waals surface area contributed by atoms with E-state index in [1.807, 2.05) is 13.8 Å². The molecule has 0 fully saturated rings. The average Bonchev–Trinajstić information content (AvgIpc) is 2.51. The van der Waals surface area contributed by atoms with Gasteiger partial charge in [0.2, 0.25) is 0 Å². The molecule has 2 heteroatoms. The first kappa shape index (κ1) is 25.5. The molecule has 0 aromatic heterocycles. The summed E-state index contributed by atoms with van der Waals surface area (Å²) in [5, 5.41) is 0. The van der Waals surface area contributed by atoms with Crippen molar-refractivity contribution in [1.82, 2.24) is 0 Å². The minimum absolute atomic E-state index is 0.0270. The minimum Gasteiger partial charge on any atom is -0.463 e. The van der Waals surface area contributed by atoms with Crippen LogP contribution in [0.3, 0.4) is 0 Å². The number of hydrogen-bond donors (Lipinski definition) is 0. The van der Waals surface area contributed by atoms with Gasteiger partial charge in [-0.05, 0) is 43.9 Å². The van der Waals surface area contributed by atoms with E-state index in [4.69, 9.17) is 4.74 Å². The molecule has 0 rings (SSSR count). The fraction of sp³-hybridized carbons (Fsp3) is 0.958. The van der Waals surface area contributed by atoms with Crippen LogP contribution in [0.4, 0.5) is 0 Å². The minimum atomic E-state index is -0.388. The fourth-order valence-corrected chi connectivity index (χ4v) is 4.91. The first-order chi connectivity index (χ1) is 12.1. The van der Waals surface area contributed by atoms with Crippen molar-refractivity contribution >= 4 is 5.97 Å². The van der Waals surface area contributed by atoms with Gasteiger partial charge < -0.3 is 4.74 Å². The van der Waals surface area contributed by atoms with Crippen LogP contribution in [0.15, 0.2) is 0 Å². The second kappa shape index (κ2) is 12.8. The molecule has 0 aliphatic carbocycles. The third kappa shape index (κ3) is 7.24. The normalized spacial score (nSPS) is 13.9. The molecule has 0 spiro atoms. The number of unbranched alkanes of at least 4 members (excludes halogenated alkanes) is 6. The number of carbonyl (C=O) groups is 1. The zero-order chi connectivity index (χ0) is 20.3. The Labute approximate surface area is 164 Å². The van der Waals surface area contributed by atoms with E-state index in [1.165, 1.54) is 44.9 Å². The molecule has 0 N–H and O–H groups in total. The van der Waals surface area contributed by atoms with Crippen LogP contribution in [0, 0.1) is 29.1 Å². The van der Waals surface area contributed by atoms with Gasteiger partial charge in [-0.3, -0.25) is 4.79 Å². The summed E-state index contributed by atoms with van der Waals surface area (Å²) in [7, 11) is 0. The van der Waals surface area contributed by atoms with Gasteiger partial charge in [0.25, 0.3) is 0 Å². The Bertz CT molecular complexity index is 360. The second-order valence-electron chi connectivity index (χ2n) is 9.46. The summed E-state index contributed by atoms with van der Waals surface area (Å²) in [5.41, 5.74) is -0.388. The summed E-state index contributed by atoms with van der Waals surface area (Å²) in [6.45, 7) is 19.6. The first-order valence-electron chi connectivity index (χ1n) is 11.3. The maximum atomic E-state index is 13.3. The summed E-state index contributed by atoms with van der Waals surface area (Å²) in [6.07, 6.45) is 10.3. The molecule has 0 aromatic rings. The molecular formula is C24H48O2. The molecule has 26 heavy (non-hydrogen) atoms. The summed E-state index contributed by atoms with van der Waals surface area (Å²) < 4.78 is 5.80. The Balaban J connectivity index is 5.20. The molecule has 156 valence electrons. The molecule has 0 bridgehead atoms. The first-order valence-corrected chi connectivity index (χ1v) is 11.3. The van der Waals surface area contributed by atoms with Crippen molar-refractivity contribution in [1.29, 1.82) is 0 Å². The molecular weight excluding hydrogens is 320 g/mol. The summed E-state index contributed by atoms with van der Waals surface area (Å²) >= 11 is 0. The van der Waals surface area contributed by atoms with Gasteiger partial charge in [0, 0.05) is 0 Å². The Morgan fingerprint density at radius 1 is 0.769 bits per heavy atom. The Kier molecular flexibility index (Phi) is 12.5. The predicted molar refractivity (Wildman–Crippen MR) is 114 cm³/mol. The lowest BCUT2D eigenvalue weighted by Gasteiger charge is -2.47. The van der Waals surface area contributed by atoms with Crippen LogP contribution in [0.2, 0.25) is 0 Å². The highest BCUT2D eigenvalue weighted by molar-refractivity contribution is 5.78. The number of ether oxygens (including phenoxy) is 1. The van der Waals surface area contributed by atoms with Crippen molar-refractivity contribution in [2.24, 2.45) is 29.1 Å². The molecule has 0 aliphatic rings. The number of hydrogen-bond acceptors (Lipinski definition) is 2. The van der Waals surface area contributed by atoms with Crippen LogP contribution in [0.25, 0.3) is 0 Å². The van der Waals surface area contributed by atoms with E-state index in [9.17, 15) is 4.79 Å². The fourth-order valence-electron chi connectivity index (χ4n) is 4.91.